The van der Waals surface area contributed by atoms with E-state index in [1.165, 1.54) is 4.90 Å². The zero-order valence-electron chi connectivity index (χ0n) is 21.5. The average molecular weight is 516 g/mol. The molecule has 4 fully saturated rings. The van der Waals surface area contributed by atoms with E-state index >= 15 is 0 Å². The largest absolute Gasteiger partial charge is 0.342 e. The second-order valence-electron chi connectivity index (χ2n) is 10.8. The van der Waals surface area contributed by atoms with Gasteiger partial charge in [-0.15, -0.1) is 0 Å². The van der Waals surface area contributed by atoms with Crippen molar-refractivity contribution in [1.29, 1.82) is 0 Å². The number of hydrogen-bond acceptors (Lipinski definition) is 4. The monoisotopic (exact) mass is 515 g/mol. The number of urea groups is 2. The third kappa shape index (κ3) is 4.40. The van der Waals surface area contributed by atoms with E-state index in [4.69, 9.17) is 0 Å². The van der Waals surface area contributed by atoms with Gasteiger partial charge in [-0.1, -0.05) is 60.7 Å². The van der Waals surface area contributed by atoms with Crippen LogP contribution in [0, 0.1) is 0 Å². The maximum absolute atomic E-state index is 13.4. The number of fused-ring (bicyclic) bond motifs is 1. The molecule has 3 heterocycles. The summed E-state index contributed by atoms with van der Waals surface area (Å²) in [5, 5.41) is 3.20. The number of piperidine rings is 1. The molecule has 38 heavy (non-hydrogen) atoms. The van der Waals surface area contributed by atoms with E-state index in [1.54, 1.807) is 16.7 Å². The van der Waals surface area contributed by atoms with E-state index in [9.17, 15) is 19.2 Å². The highest BCUT2D eigenvalue weighted by atomic mass is 16.2. The van der Waals surface area contributed by atoms with Crippen molar-refractivity contribution >= 4 is 23.9 Å². The van der Waals surface area contributed by atoms with Gasteiger partial charge < -0.3 is 20.0 Å². The van der Waals surface area contributed by atoms with Crippen molar-refractivity contribution in [3.8, 4) is 0 Å². The number of imide groups is 1. The smallest absolute Gasteiger partial charge is 0.327 e. The minimum absolute atomic E-state index is 0.0194. The highest BCUT2D eigenvalue weighted by Gasteiger charge is 2.56. The number of carbonyl (C=O) groups excluding carboxylic acids is 4. The van der Waals surface area contributed by atoms with Crippen LogP contribution in [-0.2, 0) is 9.59 Å². The number of likely N-dealkylation sites (tertiary alicyclic amines) is 1. The Morgan fingerprint density at radius 3 is 2.13 bits per heavy atom. The first kappa shape index (κ1) is 24.5. The van der Waals surface area contributed by atoms with Crippen LogP contribution in [0.2, 0.25) is 0 Å². The molecule has 6 rings (SSSR count). The quantitative estimate of drug-likeness (QED) is 0.634. The van der Waals surface area contributed by atoms with Gasteiger partial charge in [-0.3, -0.25) is 14.5 Å². The second-order valence-corrected chi connectivity index (χ2v) is 10.8. The summed E-state index contributed by atoms with van der Waals surface area (Å²) in [6, 6.07) is 18.6. The summed E-state index contributed by atoms with van der Waals surface area (Å²) >= 11 is 0. The van der Waals surface area contributed by atoms with Crippen LogP contribution in [0.4, 0.5) is 9.59 Å². The number of amides is 6. The molecule has 1 saturated carbocycles. The van der Waals surface area contributed by atoms with Gasteiger partial charge in [0.05, 0.1) is 6.54 Å². The van der Waals surface area contributed by atoms with Gasteiger partial charge in [-0.05, 0) is 24.0 Å². The molecule has 0 unspecified atom stereocenters. The molecule has 0 aromatic heterocycles. The van der Waals surface area contributed by atoms with Gasteiger partial charge in [0.1, 0.15) is 6.04 Å². The maximum atomic E-state index is 13.4. The van der Waals surface area contributed by atoms with Crippen molar-refractivity contribution < 1.29 is 19.2 Å². The maximum Gasteiger partial charge on any atom is 0.327 e. The molecular formula is C29H33N5O4. The zero-order valence-corrected chi connectivity index (χ0v) is 21.5. The fourth-order valence-corrected chi connectivity index (χ4v) is 6.33. The van der Waals surface area contributed by atoms with E-state index in [2.05, 4.69) is 5.32 Å². The van der Waals surface area contributed by atoms with Crippen molar-refractivity contribution in [3.05, 3.63) is 71.8 Å². The normalized spacial score (nSPS) is 28.8. The average Bonchev–Trinajstić information content (AvgIpc) is 3.69. The van der Waals surface area contributed by atoms with E-state index in [-0.39, 0.29) is 54.3 Å². The first-order valence-electron chi connectivity index (χ1n) is 13.5. The first-order chi connectivity index (χ1) is 18.4. The van der Waals surface area contributed by atoms with Crippen LogP contribution in [-0.4, -0.2) is 94.3 Å². The third-order valence-electron chi connectivity index (χ3n) is 8.55. The number of benzene rings is 2. The van der Waals surface area contributed by atoms with Crippen LogP contribution in [0.5, 0.6) is 0 Å². The lowest BCUT2D eigenvalue weighted by Crippen LogP contribution is -2.59. The molecule has 2 aromatic rings. The SMILES string of the molecule is CC(=O)N1CC[C@@H](NC(=O)N2CCN3C(=O)N([C@H]4C[C@@H]4c4ccccc4)C(=O)[C@@H]3C2)[C@H](c2ccccc2)C1. The van der Waals surface area contributed by atoms with Gasteiger partial charge in [0, 0.05) is 57.0 Å². The Morgan fingerprint density at radius 1 is 0.816 bits per heavy atom. The van der Waals surface area contributed by atoms with Crippen LogP contribution in [0.15, 0.2) is 60.7 Å². The van der Waals surface area contributed by atoms with Crippen molar-refractivity contribution in [2.45, 2.75) is 49.7 Å². The Labute approximate surface area is 222 Å². The molecule has 0 spiro atoms. The first-order valence-corrected chi connectivity index (χ1v) is 13.5. The van der Waals surface area contributed by atoms with Crippen LogP contribution in [0.25, 0.3) is 0 Å². The van der Waals surface area contributed by atoms with E-state index < -0.39 is 6.04 Å². The fourth-order valence-electron chi connectivity index (χ4n) is 6.33. The van der Waals surface area contributed by atoms with E-state index in [1.807, 2.05) is 65.6 Å². The van der Waals surface area contributed by atoms with Crippen LogP contribution in [0.3, 0.4) is 0 Å². The molecule has 0 bridgehead atoms. The van der Waals surface area contributed by atoms with E-state index in [0.717, 1.165) is 17.5 Å². The van der Waals surface area contributed by atoms with Gasteiger partial charge >= 0.3 is 12.1 Å². The summed E-state index contributed by atoms with van der Waals surface area (Å²) in [4.78, 5) is 58.6. The van der Waals surface area contributed by atoms with Crippen LogP contribution < -0.4 is 5.32 Å². The van der Waals surface area contributed by atoms with Crippen molar-refractivity contribution in [2.24, 2.45) is 0 Å². The molecule has 4 aliphatic rings. The Bertz CT molecular complexity index is 1240. The summed E-state index contributed by atoms with van der Waals surface area (Å²) in [6.45, 7) is 3.63. The molecule has 5 atom stereocenters. The van der Waals surface area contributed by atoms with Crippen LogP contribution >= 0.6 is 0 Å². The minimum atomic E-state index is -0.636. The standard InChI is InChI=1S/C29H33N5O4/c1-19(35)31-13-12-24(23(17-31)21-10-6-3-7-11-21)30-28(37)32-14-15-33-26(18-32)27(36)34(29(33)38)25-16-22(25)20-8-4-2-5-9-20/h2-11,22-26H,12-18H2,1H3,(H,30,37)/t22-,23+,24-,25+,26+/m1/s1. The topological polar surface area (TPSA) is 93.3 Å². The van der Waals surface area contributed by atoms with Crippen molar-refractivity contribution in [3.63, 3.8) is 0 Å². The molecule has 1 aliphatic carbocycles. The third-order valence-corrected chi connectivity index (χ3v) is 8.55. The number of carbonyl (C=O) groups is 4. The highest BCUT2D eigenvalue weighted by Crippen LogP contribution is 2.46. The zero-order chi connectivity index (χ0) is 26.4. The predicted octanol–water partition coefficient (Wildman–Crippen LogP) is 2.61. The summed E-state index contributed by atoms with van der Waals surface area (Å²) in [6.07, 6.45) is 1.44. The molecule has 6 amide bonds. The molecule has 0 radical (unpaired) electrons. The summed E-state index contributed by atoms with van der Waals surface area (Å²) in [7, 11) is 0. The van der Waals surface area contributed by atoms with Crippen molar-refractivity contribution in [2.75, 3.05) is 32.7 Å². The van der Waals surface area contributed by atoms with Crippen molar-refractivity contribution in [1.82, 2.24) is 24.9 Å². The molecule has 9 heteroatoms. The number of nitrogens with zero attached hydrogens (tertiary/aromatic N) is 4. The van der Waals surface area contributed by atoms with E-state index in [0.29, 0.717) is 32.6 Å². The molecule has 198 valence electrons. The minimum Gasteiger partial charge on any atom is -0.342 e. The Balaban J connectivity index is 1.12. The van der Waals surface area contributed by atoms with Gasteiger partial charge in [0.15, 0.2) is 0 Å². The van der Waals surface area contributed by atoms with Gasteiger partial charge in [0.2, 0.25) is 5.91 Å². The lowest BCUT2D eigenvalue weighted by molar-refractivity contribution is -0.130. The molecular weight excluding hydrogens is 482 g/mol. The number of rotatable bonds is 4. The highest BCUT2D eigenvalue weighted by molar-refractivity contribution is 6.05. The van der Waals surface area contributed by atoms with Gasteiger partial charge in [0.25, 0.3) is 5.91 Å². The molecule has 9 nitrogen and oxygen atoms in total. The van der Waals surface area contributed by atoms with Gasteiger partial charge in [-0.2, -0.15) is 0 Å². The predicted molar refractivity (Wildman–Crippen MR) is 140 cm³/mol. The summed E-state index contributed by atoms with van der Waals surface area (Å²) in [5.74, 6) is -0.00600. The molecule has 1 N–H and O–H groups in total. The summed E-state index contributed by atoms with van der Waals surface area (Å²) in [5.41, 5.74) is 2.23. The number of piperazine rings is 1. The van der Waals surface area contributed by atoms with Crippen LogP contribution in [0.1, 0.15) is 42.7 Å². The lowest BCUT2D eigenvalue weighted by atomic mass is 9.86. The number of nitrogens with one attached hydrogen (secondary N) is 1. The Hall–Kier alpha value is -3.88. The Morgan fingerprint density at radius 2 is 1.47 bits per heavy atom. The number of hydrogen-bond donors (Lipinski definition) is 1. The fraction of sp³-hybridized carbons (Fsp3) is 0.448. The summed E-state index contributed by atoms with van der Waals surface area (Å²) < 4.78 is 0. The second kappa shape index (κ2) is 9.78. The molecule has 2 aromatic carbocycles. The molecule has 3 saturated heterocycles. The lowest BCUT2D eigenvalue weighted by Gasteiger charge is -2.41. The van der Waals surface area contributed by atoms with Gasteiger partial charge in [-0.25, -0.2) is 9.59 Å². The Kier molecular flexibility index (Phi) is 6.29. The molecule has 3 aliphatic heterocycles.